The number of rotatable bonds is 49. The number of hydrogen-bond donors (Lipinski definition) is 0. The predicted octanol–water partition coefficient (Wildman–Crippen LogP) is 29.4. The van der Waals surface area contributed by atoms with Gasteiger partial charge < -0.3 is 0 Å². The second kappa shape index (κ2) is 112. The second-order valence-electron chi connectivity index (χ2n) is 21.8. The van der Waals surface area contributed by atoms with E-state index >= 15 is 0 Å². The Kier molecular flexibility index (Phi) is 143. The van der Waals surface area contributed by atoms with Gasteiger partial charge >= 0.3 is 0 Å². The third kappa shape index (κ3) is 139. The topological polar surface area (TPSA) is 0 Å². The molecule has 2 heteroatoms. The standard InChI is InChI=1S/7C10H22.ClH.Mn/c7*1-3-5-7-9-10-8-6-4-2;;/h7*3-10H2,1-2H3;1H;. The summed E-state index contributed by atoms with van der Waals surface area (Å²) in [5, 5.41) is 0. The minimum absolute atomic E-state index is 0. The maximum absolute atomic E-state index is 2.27. The average Bonchev–Trinajstić information content (AvgIpc) is 3.38. The first-order valence-corrected chi connectivity index (χ1v) is 34.4. The molecule has 1 radical (unpaired) electrons. The minimum Gasteiger partial charge on any atom is -0.147 e. The van der Waals surface area contributed by atoms with E-state index in [0.29, 0.717) is 0 Å². The summed E-state index contributed by atoms with van der Waals surface area (Å²) in [7, 11) is 0. The zero-order valence-electron chi connectivity index (χ0n) is 54.4. The number of hydrogen-bond acceptors (Lipinski definition) is 0. The summed E-state index contributed by atoms with van der Waals surface area (Å²) in [6, 6.07) is 0. The van der Waals surface area contributed by atoms with E-state index in [9.17, 15) is 0 Å². The molecular weight excluding hydrogens is 931 g/mol. The van der Waals surface area contributed by atoms with Crippen molar-refractivity contribution in [2.45, 2.75) is 456 Å². The van der Waals surface area contributed by atoms with Crippen molar-refractivity contribution in [2.24, 2.45) is 0 Å². The van der Waals surface area contributed by atoms with Gasteiger partial charge in [0, 0.05) is 17.1 Å². The van der Waals surface area contributed by atoms with Crippen LogP contribution < -0.4 is 0 Å². The summed E-state index contributed by atoms with van der Waals surface area (Å²) in [5.41, 5.74) is 0. The molecular formula is C70H155ClMn. The van der Waals surface area contributed by atoms with Crippen LogP contribution in [0.2, 0.25) is 0 Å². The third-order valence-electron chi connectivity index (χ3n) is 13.7. The van der Waals surface area contributed by atoms with E-state index in [2.05, 4.69) is 96.9 Å². The van der Waals surface area contributed by atoms with Crippen molar-refractivity contribution < 1.29 is 17.1 Å². The van der Waals surface area contributed by atoms with E-state index in [-0.39, 0.29) is 29.5 Å². The van der Waals surface area contributed by atoms with E-state index in [1.165, 1.54) is 360 Å². The molecule has 0 aliphatic heterocycles. The Balaban J connectivity index is -0.0000000915. The van der Waals surface area contributed by atoms with Crippen LogP contribution in [-0.2, 0) is 17.1 Å². The number of halogens is 1. The Labute approximate surface area is 483 Å². The van der Waals surface area contributed by atoms with Crippen molar-refractivity contribution in [1.82, 2.24) is 0 Å². The van der Waals surface area contributed by atoms with Crippen LogP contribution >= 0.6 is 12.4 Å². The zero-order valence-corrected chi connectivity index (χ0v) is 56.4. The quantitative estimate of drug-likeness (QED) is 0.0421. The van der Waals surface area contributed by atoms with Gasteiger partial charge in [-0.25, -0.2) is 0 Å². The molecule has 0 unspecified atom stereocenters. The van der Waals surface area contributed by atoms with Gasteiger partial charge in [-0.1, -0.05) is 456 Å². The maximum Gasteiger partial charge on any atom is 0 e. The van der Waals surface area contributed by atoms with Crippen LogP contribution in [0.25, 0.3) is 0 Å². The molecule has 0 aliphatic rings. The van der Waals surface area contributed by atoms with Crippen LogP contribution in [0.3, 0.4) is 0 Å². The van der Waals surface area contributed by atoms with Crippen molar-refractivity contribution in [3.8, 4) is 0 Å². The first-order chi connectivity index (χ1) is 34.4. The van der Waals surface area contributed by atoms with Gasteiger partial charge in [-0.3, -0.25) is 0 Å². The molecule has 449 valence electrons. The van der Waals surface area contributed by atoms with E-state index in [1.807, 2.05) is 0 Å². The molecule has 0 heterocycles. The van der Waals surface area contributed by atoms with E-state index in [1.54, 1.807) is 0 Å². The fourth-order valence-corrected chi connectivity index (χ4v) is 8.45. The molecule has 0 amide bonds. The molecule has 0 aliphatic carbocycles. The van der Waals surface area contributed by atoms with Gasteiger partial charge in [0.15, 0.2) is 0 Å². The van der Waals surface area contributed by atoms with Gasteiger partial charge in [0.1, 0.15) is 0 Å². The van der Waals surface area contributed by atoms with Crippen LogP contribution in [0.15, 0.2) is 0 Å². The second-order valence-corrected chi connectivity index (χ2v) is 21.8. The van der Waals surface area contributed by atoms with Gasteiger partial charge in [-0.2, -0.15) is 0 Å². The van der Waals surface area contributed by atoms with Crippen LogP contribution in [0.4, 0.5) is 0 Å². The molecule has 0 aromatic heterocycles. The van der Waals surface area contributed by atoms with E-state index in [0.717, 1.165) is 0 Å². The predicted molar refractivity (Wildman–Crippen MR) is 345 cm³/mol. The molecule has 0 rings (SSSR count). The number of unbranched alkanes of at least 4 members (excludes halogenated alkanes) is 49. The summed E-state index contributed by atoms with van der Waals surface area (Å²) in [5.74, 6) is 0. The summed E-state index contributed by atoms with van der Waals surface area (Å²) in [6.07, 6.45) is 80.2. The van der Waals surface area contributed by atoms with Crippen molar-refractivity contribution in [1.29, 1.82) is 0 Å². The smallest absolute Gasteiger partial charge is 0 e. The summed E-state index contributed by atoms with van der Waals surface area (Å²) >= 11 is 0. The van der Waals surface area contributed by atoms with Crippen LogP contribution in [0, 0.1) is 0 Å². The molecule has 0 aromatic carbocycles. The van der Waals surface area contributed by atoms with Gasteiger partial charge in [0.25, 0.3) is 0 Å². The average molecular weight is 1090 g/mol. The van der Waals surface area contributed by atoms with E-state index < -0.39 is 0 Å². The fourth-order valence-electron chi connectivity index (χ4n) is 8.45. The molecule has 0 spiro atoms. The van der Waals surface area contributed by atoms with Crippen molar-refractivity contribution in [2.75, 3.05) is 0 Å². The van der Waals surface area contributed by atoms with Crippen LogP contribution in [0.5, 0.6) is 0 Å². The van der Waals surface area contributed by atoms with Gasteiger partial charge in [0.2, 0.25) is 0 Å². The molecule has 0 N–H and O–H groups in total. The molecule has 0 saturated carbocycles. The Bertz CT molecular complexity index is 452. The van der Waals surface area contributed by atoms with Crippen LogP contribution in [-0.4, -0.2) is 0 Å². The molecule has 0 bridgehead atoms. The SMILES string of the molecule is CCCCCCCCCC.CCCCCCCCCC.CCCCCCCCCC.CCCCCCCCCC.CCCCCCCCCC.CCCCCCCCCC.CCCCCCCCCC.Cl.[Mn]. The first kappa shape index (κ1) is 92.2. The summed E-state index contributed by atoms with van der Waals surface area (Å²) < 4.78 is 0. The first-order valence-electron chi connectivity index (χ1n) is 34.4. The Morgan fingerprint density at radius 1 is 0.0972 bits per heavy atom. The largest absolute Gasteiger partial charge is 0.147 e. The monoisotopic (exact) mass is 1090 g/mol. The van der Waals surface area contributed by atoms with Gasteiger partial charge in [-0.05, 0) is 0 Å². The van der Waals surface area contributed by atoms with Crippen molar-refractivity contribution in [3.05, 3.63) is 0 Å². The summed E-state index contributed by atoms with van der Waals surface area (Å²) in [6.45, 7) is 31.8. The Hall–Kier alpha value is 0.809. The normalized spacial score (nSPS) is 9.92. The maximum atomic E-state index is 2.27. The zero-order chi connectivity index (χ0) is 53.6. The molecule has 0 fully saturated rings. The summed E-state index contributed by atoms with van der Waals surface area (Å²) in [4.78, 5) is 0. The molecule has 0 atom stereocenters. The van der Waals surface area contributed by atoms with Crippen LogP contribution in [0.1, 0.15) is 456 Å². The Morgan fingerprint density at radius 2 is 0.139 bits per heavy atom. The molecule has 0 saturated heterocycles. The molecule has 72 heavy (non-hydrogen) atoms. The fraction of sp³-hybridized carbons (Fsp3) is 1.00. The third-order valence-corrected chi connectivity index (χ3v) is 13.7. The molecule has 0 aromatic rings. The Morgan fingerprint density at radius 3 is 0.181 bits per heavy atom. The van der Waals surface area contributed by atoms with Crippen molar-refractivity contribution >= 4 is 12.4 Å². The van der Waals surface area contributed by atoms with E-state index in [4.69, 9.17) is 0 Å². The van der Waals surface area contributed by atoms with Crippen molar-refractivity contribution in [3.63, 3.8) is 0 Å². The minimum atomic E-state index is 0. The molecule has 0 nitrogen and oxygen atoms in total. The van der Waals surface area contributed by atoms with Gasteiger partial charge in [0.05, 0.1) is 0 Å². The van der Waals surface area contributed by atoms with Gasteiger partial charge in [-0.15, -0.1) is 12.4 Å².